The van der Waals surface area contributed by atoms with Crippen LogP contribution in [0.25, 0.3) is 16.9 Å². The molecule has 1 fully saturated rings. The van der Waals surface area contributed by atoms with Gasteiger partial charge >= 0.3 is 6.09 Å². The van der Waals surface area contributed by atoms with Gasteiger partial charge in [0.25, 0.3) is 12.3 Å². The Morgan fingerprint density at radius 2 is 2.08 bits per heavy atom. The van der Waals surface area contributed by atoms with Gasteiger partial charge in [-0.1, -0.05) is 0 Å². The van der Waals surface area contributed by atoms with Crippen molar-refractivity contribution >= 4 is 17.6 Å². The highest BCUT2D eigenvalue weighted by Gasteiger charge is 2.31. The van der Waals surface area contributed by atoms with Gasteiger partial charge in [0, 0.05) is 31.8 Å². The van der Waals surface area contributed by atoms with Crippen molar-refractivity contribution in [1.29, 1.82) is 0 Å². The molecule has 1 saturated heterocycles. The van der Waals surface area contributed by atoms with Crippen LogP contribution in [0.3, 0.4) is 0 Å². The third-order valence-electron chi connectivity index (χ3n) is 5.92. The molecule has 1 aliphatic heterocycles. The highest BCUT2D eigenvalue weighted by molar-refractivity contribution is 5.96. The maximum atomic E-state index is 15.4. The molecule has 13 heteroatoms. The van der Waals surface area contributed by atoms with E-state index in [-0.39, 0.29) is 48.7 Å². The summed E-state index contributed by atoms with van der Waals surface area (Å²) in [6.07, 6.45) is -3.29. The van der Waals surface area contributed by atoms with Gasteiger partial charge in [-0.2, -0.15) is 0 Å². The van der Waals surface area contributed by atoms with E-state index >= 15 is 8.78 Å². The van der Waals surface area contributed by atoms with Crippen LogP contribution in [-0.2, 0) is 11.2 Å². The summed E-state index contributed by atoms with van der Waals surface area (Å²) in [5.74, 6) is -3.63. The van der Waals surface area contributed by atoms with Crippen molar-refractivity contribution in [3.63, 3.8) is 0 Å². The predicted octanol–water partition coefficient (Wildman–Crippen LogP) is 3.51. The number of fused-ring (bicyclic) bond motifs is 1. The Morgan fingerprint density at radius 3 is 2.72 bits per heavy atom. The lowest BCUT2D eigenvalue weighted by Gasteiger charge is -2.31. The van der Waals surface area contributed by atoms with Gasteiger partial charge in [0.1, 0.15) is 11.5 Å². The molecule has 192 valence electrons. The molecule has 1 aliphatic rings. The van der Waals surface area contributed by atoms with Crippen LogP contribution in [0.15, 0.2) is 24.4 Å². The number of hydrogen-bond acceptors (Lipinski definition) is 5. The molecule has 3 heterocycles. The fraction of sp³-hybridized carbons (Fsp3) is 0.348. The minimum absolute atomic E-state index is 0.000706. The Balaban J connectivity index is 1.91. The van der Waals surface area contributed by atoms with Crippen molar-refractivity contribution < 1.29 is 41.7 Å². The number of rotatable bonds is 6. The number of nitrogens with one attached hydrogen (secondary N) is 1. The normalized spacial score (nSPS) is 16.0. The zero-order chi connectivity index (χ0) is 26.1. The Bertz CT molecular complexity index is 1330. The average Bonchev–Trinajstić information content (AvgIpc) is 3.21. The molecule has 9 nitrogen and oxygen atoms in total. The standard InChI is InChI=1S/C23H22F4N4O5/c1-28-22(32)13-9-14(24)17(20(35-2)18(13)25)19-15(8-12-10-30(23(33)34)5-6-36-12)31-4-3-11(21(26)27)7-16(31)29-19/h3-4,7,9,12,21H,5-6,8,10H2,1-2H3,(H,28,32)(H,33,34)/t12-/m0/s1. The number of halogens is 4. The van der Waals surface area contributed by atoms with E-state index in [1.807, 2.05) is 0 Å². The summed E-state index contributed by atoms with van der Waals surface area (Å²) in [5.41, 5.74) is -1.16. The number of pyridine rings is 1. The zero-order valence-electron chi connectivity index (χ0n) is 19.2. The van der Waals surface area contributed by atoms with Crippen molar-refractivity contribution in [2.24, 2.45) is 0 Å². The van der Waals surface area contributed by atoms with Gasteiger partial charge < -0.3 is 29.2 Å². The lowest BCUT2D eigenvalue weighted by atomic mass is 10.0. The van der Waals surface area contributed by atoms with E-state index in [9.17, 15) is 23.5 Å². The largest absolute Gasteiger partial charge is 0.493 e. The lowest BCUT2D eigenvalue weighted by Crippen LogP contribution is -2.45. The summed E-state index contributed by atoms with van der Waals surface area (Å²) in [4.78, 5) is 28.9. The molecule has 0 radical (unpaired) electrons. The Labute approximate surface area is 202 Å². The summed E-state index contributed by atoms with van der Waals surface area (Å²) in [7, 11) is 2.35. The Hall–Kier alpha value is -3.87. The second kappa shape index (κ2) is 10.0. The van der Waals surface area contributed by atoms with E-state index in [4.69, 9.17) is 9.47 Å². The number of morpholine rings is 1. The Kier molecular flexibility index (Phi) is 7.02. The number of carboxylic acid groups (broad SMARTS) is 1. The molecule has 0 saturated carbocycles. The molecule has 0 bridgehead atoms. The molecule has 0 unspecified atom stereocenters. The number of amides is 2. The van der Waals surface area contributed by atoms with Crippen LogP contribution in [0.1, 0.15) is 28.0 Å². The molecule has 2 N–H and O–H groups in total. The summed E-state index contributed by atoms with van der Waals surface area (Å²) in [6, 6.07) is 2.98. The SMILES string of the molecule is CNC(=O)c1cc(F)c(-c2nc3cc(C(F)F)ccn3c2C[C@H]2CN(C(=O)O)CCO2)c(OC)c1F. The van der Waals surface area contributed by atoms with Crippen LogP contribution in [0.2, 0.25) is 0 Å². The summed E-state index contributed by atoms with van der Waals surface area (Å²) < 4.78 is 69.5. The molecule has 0 aliphatic carbocycles. The molecular formula is C23H22F4N4O5. The lowest BCUT2D eigenvalue weighted by molar-refractivity contribution is -0.0214. The topological polar surface area (TPSA) is 105 Å². The van der Waals surface area contributed by atoms with E-state index in [1.165, 1.54) is 23.7 Å². The number of hydrogen-bond donors (Lipinski definition) is 2. The van der Waals surface area contributed by atoms with Gasteiger partial charge in [0.05, 0.1) is 48.9 Å². The van der Waals surface area contributed by atoms with Gasteiger partial charge in [0.2, 0.25) is 0 Å². The number of methoxy groups -OCH3 is 1. The van der Waals surface area contributed by atoms with Crippen molar-refractivity contribution in [2.45, 2.75) is 19.0 Å². The van der Waals surface area contributed by atoms with Crippen molar-refractivity contribution in [1.82, 2.24) is 19.6 Å². The first-order valence-electron chi connectivity index (χ1n) is 10.8. The maximum absolute atomic E-state index is 15.4. The summed E-state index contributed by atoms with van der Waals surface area (Å²) in [6.45, 7) is 0.282. The molecular weight excluding hydrogens is 488 g/mol. The van der Waals surface area contributed by atoms with Gasteiger partial charge in [0.15, 0.2) is 11.6 Å². The fourth-order valence-electron chi connectivity index (χ4n) is 4.19. The van der Waals surface area contributed by atoms with E-state index in [1.54, 1.807) is 0 Å². The number of benzene rings is 1. The molecule has 4 rings (SSSR count). The third-order valence-corrected chi connectivity index (χ3v) is 5.92. The Morgan fingerprint density at radius 1 is 1.33 bits per heavy atom. The van der Waals surface area contributed by atoms with Crippen LogP contribution >= 0.6 is 0 Å². The first-order chi connectivity index (χ1) is 17.2. The highest BCUT2D eigenvalue weighted by atomic mass is 19.3. The summed E-state index contributed by atoms with van der Waals surface area (Å²) in [5, 5.41) is 11.6. The van der Waals surface area contributed by atoms with Gasteiger partial charge in [-0.15, -0.1) is 0 Å². The number of imidazole rings is 1. The molecule has 1 aromatic carbocycles. The fourth-order valence-corrected chi connectivity index (χ4v) is 4.19. The summed E-state index contributed by atoms with van der Waals surface area (Å²) >= 11 is 0. The van der Waals surface area contributed by atoms with Crippen LogP contribution in [0, 0.1) is 11.6 Å². The minimum atomic E-state index is -2.79. The number of carbonyl (C=O) groups is 2. The maximum Gasteiger partial charge on any atom is 0.407 e. The van der Waals surface area contributed by atoms with Crippen LogP contribution in [-0.4, -0.2) is 71.3 Å². The van der Waals surface area contributed by atoms with E-state index in [0.29, 0.717) is 6.07 Å². The number of alkyl halides is 2. The smallest absolute Gasteiger partial charge is 0.407 e. The number of carbonyl (C=O) groups excluding carboxylic acids is 1. The van der Waals surface area contributed by atoms with Crippen molar-refractivity contribution in [3.05, 3.63) is 52.9 Å². The minimum Gasteiger partial charge on any atom is -0.493 e. The number of nitrogens with zero attached hydrogens (tertiary/aromatic N) is 3. The zero-order valence-corrected chi connectivity index (χ0v) is 19.2. The molecule has 36 heavy (non-hydrogen) atoms. The first-order valence-corrected chi connectivity index (χ1v) is 10.8. The second-order valence-corrected chi connectivity index (χ2v) is 8.03. The monoisotopic (exact) mass is 510 g/mol. The van der Waals surface area contributed by atoms with Crippen LogP contribution in [0.5, 0.6) is 5.75 Å². The first kappa shape index (κ1) is 25.2. The number of ether oxygens (including phenoxy) is 2. The van der Waals surface area contributed by atoms with E-state index in [2.05, 4.69) is 10.3 Å². The van der Waals surface area contributed by atoms with E-state index in [0.717, 1.165) is 18.1 Å². The van der Waals surface area contributed by atoms with Crippen molar-refractivity contribution in [2.75, 3.05) is 33.9 Å². The molecule has 2 amide bonds. The van der Waals surface area contributed by atoms with Crippen LogP contribution < -0.4 is 10.1 Å². The molecule has 1 atom stereocenters. The molecule has 2 aromatic heterocycles. The molecule has 0 spiro atoms. The average molecular weight is 510 g/mol. The van der Waals surface area contributed by atoms with Crippen LogP contribution in [0.4, 0.5) is 22.4 Å². The molecule has 3 aromatic rings. The highest BCUT2D eigenvalue weighted by Crippen LogP contribution is 2.39. The van der Waals surface area contributed by atoms with Gasteiger partial charge in [-0.25, -0.2) is 27.3 Å². The van der Waals surface area contributed by atoms with Crippen molar-refractivity contribution in [3.8, 4) is 17.0 Å². The second-order valence-electron chi connectivity index (χ2n) is 8.03. The van der Waals surface area contributed by atoms with E-state index < -0.39 is 53.0 Å². The van der Waals surface area contributed by atoms with Gasteiger partial charge in [-0.05, 0) is 18.2 Å². The quantitative estimate of drug-likeness (QED) is 0.492. The van der Waals surface area contributed by atoms with Gasteiger partial charge in [-0.3, -0.25) is 4.79 Å². The predicted molar refractivity (Wildman–Crippen MR) is 118 cm³/mol. The third kappa shape index (κ3) is 4.53. The number of aromatic nitrogens is 2.